The molecule has 3 unspecified atom stereocenters. The van der Waals surface area contributed by atoms with Gasteiger partial charge in [0, 0.05) is 57.9 Å². The molecular weight excluding hydrogens is 824 g/mol. The van der Waals surface area contributed by atoms with Crippen LogP contribution >= 0.6 is 54.1 Å². The monoisotopic (exact) mass is 857 g/mol. The SMILES string of the molecule is CCON=C(C(=O)NC(C(=O)NC(N)=NCCCC(N)C(=O)[O-])C1NC(C(=O)[O-])=C(Sc2nc(-c3cc[n+](C)cc3)cs2)CS1)c1nsc(NP(=O)(O)O)n1. The summed E-state index contributed by atoms with van der Waals surface area (Å²) < 4.78 is 17.7. The third-order valence-corrected chi connectivity index (χ3v) is 11.6. The summed E-state index contributed by atoms with van der Waals surface area (Å²) in [6.45, 7) is 1.49. The van der Waals surface area contributed by atoms with Crippen LogP contribution < -0.4 is 47.3 Å². The van der Waals surface area contributed by atoms with Crippen LogP contribution in [-0.2, 0) is 35.6 Å². The maximum absolute atomic E-state index is 13.7. The van der Waals surface area contributed by atoms with Gasteiger partial charge in [0.15, 0.2) is 22.7 Å². The molecule has 1 aliphatic heterocycles. The minimum absolute atomic E-state index is 0.0124. The van der Waals surface area contributed by atoms with E-state index in [1.165, 1.54) is 11.3 Å². The topological polar surface area (TPSA) is 349 Å². The number of aryl methyl sites for hydroxylation is 1. The summed E-state index contributed by atoms with van der Waals surface area (Å²) >= 11 is 3.93. The Labute approximate surface area is 328 Å². The Balaban J connectivity index is 1.60. The molecule has 4 heterocycles. The van der Waals surface area contributed by atoms with Gasteiger partial charge in [-0.25, -0.2) is 14.1 Å². The highest BCUT2D eigenvalue weighted by atomic mass is 32.2. The van der Waals surface area contributed by atoms with E-state index in [1.807, 2.05) is 46.6 Å². The predicted octanol–water partition coefficient (Wildman–Crippen LogP) is -3.08. The van der Waals surface area contributed by atoms with E-state index in [0.717, 1.165) is 29.1 Å². The highest BCUT2D eigenvalue weighted by molar-refractivity contribution is 8.07. The zero-order chi connectivity index (χ0) is 40.3. The first-order chi connectivity index (χ1) is 26.0. The molecule has 55 heavy (non-hydrogen) atoms. The van der Waals surface area contributed by atoms with Crippen molar-refractivity contribution >= 4 is 94.7 Å². The van der Waals surface area contributed by atoms with Crippen LogP contribution in [-0.4, -0.2) is 95.9 Å². The summed E-state index contributed by atoms with van der Waals surface area (Å²) in [5.74, 6) is -5.93. The number of hydrogen-bond acceptors (Lipinski definition) is 19. The van der Waals surface area contributed by atoms with Crippen molar-refractivity contribution in [2.45, 2.75) is 41.6 Å². The minimum atomic E-state index is -4.79. The molecule has 1 aliphatic rings. The number of carbonyl (C=O) groups is 4. The lowest BCUT2D eigenvalue weighted by molar-refractivity contribution is -0.671. The third-order valence-electron chi connectivity index (χ3n) is 6.89. The summed E-state index contributed by atoms with van der Waals surface area (Å²) in [4.78, 5) is 87.1. The summed E-state index contributed by atoms with van der Waals surface area (Å²) in [5.41, 5.74) is 11.9. The first-order valence-corrected chi connectivity index (χ1v) is 20.8. The molecule has 3 atom stereocenters. The number of thiazole rings is 1. The number of aromatic nitrogens is 4. The lowest BCUT2D eigenvalue weighted by Crippen LogP contribution is -2.60. The fourth-order valence-corrected chi connectivity index (χ4v) is 8.85. The summed E-state index contributed by atoms with van der Waals surface area (Å²) in [6.07, 6.45) is 3.91. The fraction of sp³-hybridized carbons (Fsp3) is 0.357. The molecule has 10 N–H and O–H groups in total. The van der Waals surface area contributed by atoms with E-state index in [9.17, 15) is 43.7 Å². The Morgan fingerprint density at radius 3 is 2.62 bits per heavy atom. The number of aliphatic imine (C=N–C) groups is 1. The maximum atomic E-state index is 13.7. The Morgan fingerprint density at radius 1 is 1.24 bits per heavy atom. The number of anilines is 1. The first kappa shape index (κ1) is 43.0. The molecule has 0 fully saturated rings. The highest BCUT2D eigenvalue weighted by Crippen LogP contribution is 2.39. The zero-order valence-electron chi connectivity index (χ0n) is 28.7. The van der Waals surface area contributed by atoms with Gasteiger partial charge in [-0.15, -0.1) is 23.1 Å². The van der Waals surface area contributed by atoms with Crippen molar-refractivity contribution in [1.82, 2.24) is 30.3 Å². The highest BCUT2D eigenvalue weighted by Gasteiger charge is 2.37. The summed E-state index contributed by atoms with van der Waals surface area (Å²) in [7, 11) is -2.92. The van der Waals surface area contributed by atoms with Gasteiger partial charge in [-0.2, -0.15) is 9.36 Å². The molecule has 4 rings (SSSR count). The van der Waals surface area contributed by atoms with Crippen molar-refractivity contribution in [2.75, 3.05) is 24.0 Å². The van der Waals surface area contributed by atoms with Gasteiger partial charge in [-0.1, -0.05) is 16.9 Å². The van der Waals surface area contributed by atoms with Crippen LogP contribution in [0.1, 0.15) is 25.6 Å². The largest absolute Gasteiger partial charge is 0.548 e. The van der Waals surface area contributed by atoms with Gasteiger partial charge in [-0.05, 0) is 19.8 Å². The minimum Gasteiger partial charge on any atom is -0.548 e. The summed E-state index contributed by atoms with van der Waals surface area (Å²) in [6, 6.07) is 0.911. The number of amides is 2. The molecule has 0 saturated carbocycles. The van der Waals surface area contributed by atoms with Crippen molar-refractivity contribution in [3.63, 3.8) is 0 Å². The number of carbonyl (C=O) groups excluding carboxylic acids is 4. The number of rotatable bonds is 18. The molecule has 0 aliphatic carbocycles. The average molecular weight is 858 g/mol. The Bertz CT molecular complexity index is 2020. The van der Waals surface area contributed by atoms with E-state index in [-0.39, 0.29) is 42.6 Å². The fourth-order valence-electron chi connectivity index (χ4n) is 4.31. The van der Waals surface area contributed by atoms with Gasteiger partial charge in [0.05, 0.1) is 23.3 Å². The van der Waals surface area contributed by atoms with Crippen LogP contribution in [0.5, 0.6) is 0 Å². The number of carboxylic acids is 2. The Hall–Kier alpha value is -4.69. The van der Waals surface area contributed by atoms with Gasteiger partial charge >= 0.3 is 7.75 Å². The second-order valence-electron chi connectivity index (χ2n) is 11.0. The molecule has 27 heteroatoms. The van der Waals surface area contributed by atoms with Gasteiger partial charge in [0.1, 0.15) is 25.1 Å². The molecule has 0 spiro atoms. The number of pyridine rings is 1. The standard InChI is InChI=1S/C28H35N12O10PS4/c1-3-50-37-18(20-35-27(55-39-20)38-51(47,48)49)21(41)33-19(22(42)36-26(30)31-8-4-5-14(29)24(43)44)23-34-17(25(45)46)16(12-52-23)54-28-32-15(11-53-28)13-6-9-40(2)10-7-13/h6-7,9-11,14,19,23,34H,3-5,8,12,29H2,1-2H3,(H8-,30,31,33,35,36,38,39,41,42,43,44,45,46,47,48,49)/p-1. The van der Waals surface area contributed by atoms with Crippen LogP contribution in [0.15, 0.2) is 55.0 Å². The van der Waals surface area contributed by atoms with Crippen molar-refractivity contribution in [1.29, 1.82) is 0 Å². The van der Waals surface area contributed by atoms with Gasteiger partial charge < -0.3 is 56.5 Å². The molecular formula is C28H34N12O10PS4-. The molecule has 0 radical (unpaired) electrons. The van der Waals surface area contributed by atoms with Gasteiger partial charge in [-0.3, -0.25) is 25.0 Å². The number of guanidine groups is 1. The van der Waals surface area contributed by atoms with Crippen LogP contribution in [0, 0.1) is 0 Å². The lowest BCUT2D eigenvalue weighted by atomic mass is 10.2. The van der Waals surface area contributed by atoms with Crippen LogP contribution in [0.4, 0.5) is 5.13 Å². The van der Waals surface area contributed by atoms with Crippen molar-refractivity contribution in [2.24, 2.45) is 28.7 Å². The molecule has 0 bridgehead atoms. The number of nitrogens with one attached hydrogen (secondary N) is 4. The molecule has 0 aromatic carbocycles. The molecule has 2 amide bonds. The lowest BCUT2D eigenvalue weighted by Gasteiger charge is -2.33. The van der Waals surface area contributed by atoms with Crippen molar-refractivity contribution < 1.29 is 53.1 Å². The van der Waals surface area contributed by atoms with Crippen LogP contribution in [0.25, 0.3) is 11.3 Å². The average Bonchev–Trinajstić information content (AvgIpc) is 3.78. The molecule has 22 nitrogen and oxygen atoms in total. The molecule has 3 aromatic rings. The normalized spacial score (nSPS) is 16.1. The van der Waals surface area contributed by atoms with E-state index < -0.39 is 66.5 Å². The van der Waals surface area contributed by atoms with E-state index in [4.69, 9.17) is 16.3 Å². The third kappa shape index (κ3) is 13.0. The Kier molecular flexibility index (Phi) is 15.5. The van der Waals surface area contributed by atoms with Gasteiger partial charge in [0.2, 0.25) is 16.7 Å². The number of thioether (sulfide) groups is 2. The van der Waals surface area contributed by atoms with Crippen LogP contribution in [0.2, 0.25) is 0 Å². The predicted molar refractivity (Wildman–Crippen MR) is 199 cm³/mol. The second-order valence-corrected chi connectivity index (χ2v) is 16.4. The Morgan fingerprint density at radius 2 is 1.96 bits per heavy atom. The molecule has 3 aromatic heterocycles. The van der Waals surface area contributed by atoms with Gasteiger partial charge in [0.25, 0.3) is 11.8 Å². The maximum Gasteiger partial charge on any atom is 0.429 e. The van der Waals surface area contributed by atoms with E-state index in [2.05, 4.69) is 40.4 Å². The van der Waals surface area contributed by atoms with E-state index in [0.29, 0.717) is 26.5 Å². The number of carboxylic acid groups (broad SMARTS) is 2. The van der Waals surface area contributed by atoms with Crippen molar-refractivity contribution in [3.8, 4) is 11.3 Å². The van der Waals surface area contributed by atoms with E-state index in [1.54, 1.807) is 6.92 Å². The molecule has 0 saturated heterocycles. The number of aliphatic carboxylic acids is 2. The molecule has 296 valence electrons. The van der Waals surface area contributed by atoms with Crippen LogP contribution in [0.3, 0.4) is 0 Å². The van der Waals surface area contributed by atoms with Crippen molar-refractivity contribution in [3.05, 3.63) is 46.3 Å². The smallest absolute Gasteiger partial charge is 0.429 e. The quantitative estimate of drug-likeness (QED) is 0.0157. The van der Waals surface area contributed by atoms with E-state index >= 15 is 0 Å². The number of hydrogen-bond donors (Lipinski definition) is 8. The number of nitrogens with zero attached hydrogens (tertiary/aromatic N) is 6. The second kappa shape index (κ2) is 19.8. The number of oxime groups is 1. The summed E-state index contributed by atoms with van der Waals surface area (Å²) in [5, 5.41) is 36.7. The zero-order valence-corrected chi connectivity index (χ0v) is 32.9. The first-order valence-electron chi connectivity index (χ1n) is 15.7. The number of nitrogens with two attached hydrogens (primary N) is 2.